The van der Waals surface area contributed by atoms with Crippen LogP contribution in [0.15, 0.2) is 12.1 Å². The van der Waals surface area contributed by atoms with Gasteiger partial charge in [-0.15, -0.1) is 10.2 Å². The van der Waals surface area contributed by atoms with Gasteiger partial charge < -0.3 is 14.0 Å². The highest BCUT2D eigenvalue weighted by molar-refractivity contribution is 5.89. The molecule has 3 heterocycles. The Morgan fingerprint density at radius 2 is 2.26 bits per heavy atom. The third-order valence-corrected chi connectivity index (χ3v) is 5.10. The molecule has 0 fully saturated rings. The molecular weight excluding hydrogens is 340 g/mol. The van der Waals surface area contributed by atoms with Crippen molar-refractivity contribution in [3.8, 4) is 17.6 Å². The quantitative estimate of drug-likeness (QED) is 0.772. The molecule has 0 bridgehead atoms. The van der Waals surface area contributed by atoms with Crippen molar-refractivity contribution in [2.45, 2.75) is 58.6 Å². The van der Waals surface area contributed by atoms with E-state index in [4.69, 9.17) is 9.47 Å². The maximum Gasteiger partial charge on any atom is 0.174 e. The highest BCUT2D eigenvalue weighted by atomic mass is 16.5. The molecule has 1 aromatic heterocycles. The van der Waals surface area contributed by atoms with Gasteiger partial charge >= 0.3 is 0 Å². The molecule has 0 saturated carbocycles. The predicted octanol–water partition coefficient (Wildman–Crippen LogP) is 3.79. The fourth-order valence-electron chi connectivity index (χ4n) is 3.84. The number of benzene rings is 1. The predicted molar refractivity (Wildman–Crippen MR) is 102 cm³/mol. The molecule has 2 aliphatic rings. The second-order valence-corrected chi connectivity index (χ2v) is 7.14. The summed E-state index contributed by atoms with van der Waals surface area (Å²) in [6, 6.07) is 6.32. The molecule has 140 valence electrons. The van der Waals surface area contributed by atoms with E-state index in [0.29, 0.717) is 18.0 Å². The van der Waals surface area contributed by atoms with Crippen molar-refractivity contribution in [2.75, 3.05) is 6.61 Å². The summed E-state index contributed by atoms with van der Waals surface area (Å²) in [6.45, 7) is 5.45. The fourth-order valence-corrected chi connectivity index (χ4v) is 3.84. The van der Waals surface area contributed by atoms with Crippen molar-refractivity contribution in [3.05, 3.63) is 34.9 Å². The van der Waals surface area contributed by atoms with E-state index in [-0.39, 0.29) is 6.10 Å². The van der Waals surface area contributed by atoms with E-state index in [1.165, 1.54) is 6.42 Å². The molecule has 2 aromatic rings. The molecule has 0 saturated heterocycles. The van der Waals surface area contributed by atoms with Gasteiger partial charge in [-0.2, -0.15) is 5.26 Å². The van der Waals surface area contributed by atoms with Crippen molar-refractivity contribution in [1.29, 1.82) is 5.26 Å². The van der Waals surface area contributed by atoms with E-state index in [9.17, 15) is 5.26 Å². The van der Waals surface area contributed by atoms with Crippen LogP contribution in [0.4, 0.5) is 0 Å². The largest absolute Gasteiger partial charge is 0.493 e. The Morgan fingerprint density at radius 3 is 3.07 bits per heavy atom. The molecular formula is C21H24N4O2. The smallest absolute Gasteiger partial charge is 0.174 e. The second kappa shape index (κ2) is 7.43. The second-order valence-electron chi connectivity index (χ2n) is 7.14. The Kier molecular flexibility index (Phi) is 4.85. The Bertz CT molecular complexity index is 923. The Labute approximate surface area is 159 Å². The summed E-state index contributed by atoms with van der Waals surface area (Å²) in [5.74, 6) is 3.26. The molecule has 0 spiro atoms. The lowest BCUT2D eigenvalue weighted by molar-refractivity contribution is 0.254. The first-order valence-corrected chi connectivity index (χ1v) is 9.70. The van der Waals surface area contributed by atoms with Gasteiger partial charge in [-0.05, 0) is 44.9 Å². The first kappa shape index (κ1) is 17.6. The van der Waals surface area contributed by atoms with E-state index in [1.807, 2.05) is 25.1 Å². The van der Waals surface area contributed by atoms with Gasteiger partial charge in [0.1, 0.15) is 29.5 Å². The monoisotopic (exact) mass is 364 g/mol. The minimum Gasteiger partial charge on any atom is -0.493 e. The van der Waals surface area contributed by atoms with Gasteiger partial charge in [-0.3, -0.25) is 0 Å². The Morgan fingerprint density at radius 1 is 1.37 bits per heavy atom. The number of allylic oxidation sites excluding steroid dienone is 1. The number of nitrogens with zero attached hydrogens (tertiary/aromatic N) is 4. The van der Waals surface area contributed by atoms with Gasteiger partial charge in [-0.1, -0.05) is 6.42 Å². The highest BCUT2D eigenvalue weighted by Crippen LogP contribution is 2.36. The van der Waals surface area contributed by atoms with Crippen LogP contribution in [-0.2, 0) is 19.4 Å². The van der Waals surface area contributed by atoms with Crippen LogP contribution in [-0.4, -0.2) is 27.5 Å². The molecule has 1 atom stereocenters. The number of ether oxygens (including phenoxy) is 2. The van der Waals surface area contributed by atoms with E-state index in [0.717, 1.165) is 60.7 Å². The summed E-state index contributed by atoms with van der Waals surface area (Å²) >= 11 is 0. The summed E-state index contributed by atoms with van der Waals surface area (Å²) in [6.07, 6.45) is 7.20. The van der Waals surface area contributed by atoms with Crippen LogP contribution in [0.25, 0.3) is 11.6 Å². The number of hydrogen-bond acceptors (Lipinski definition) is 5. The normalized spacial score (nSPS) is 18.9. The topological polar surface area (TPSA) is 73.0 Å². The average Bonchev–Trinajstić information content (AvgIpc) is 3.13. The van der Waals surface area contributed by atoms with E-state index >= 15 is 0 Å². The summed E-state index contributed by atoms with van der Waals surface area (Å²) in [4.78, 5) is 0. The van der Waals surface area contributed by atoms with E-state index < -0.39 is 0 Å². The summed E-state index contributed by atoms with van der Waals surface area (Å²) < 4.78 is 13.8. The van der Waals surface area contributed by atoms with Crippen molar-refractivity contribution < 1.29 is 9.47 Å². The molecule has 6 heteroatoms. The van der Waals surface area contributed by atoms with Crippen LogP contribution in [0.1, 0.15) is 55.9 Å². The molecule has 0 amide bonds. The van der Waals surface area contributed by atoms with Crippen LogP contribution in [0.2, 0.25) is 0 Å². The zero-order valence-corrected chi connectivity index (χ0v) is 15.9. The van der Waals surface area contributed by atoms with Crippen molar-refractivity contribution in [3.63, 3.8) is 0 Å². The van der Waals surface area contributed by atoms with E-state index in [1.54, 1.807) is 0 Å². The zero-order valence-electron chi connectivity index (χ0n) is 15.9. The van der Waals surface area contributed by atoms with Crippen molar-refractivity contribution in [1.82, 2.24) is 14.8 Å². The average molecular weight is 364 g/mol. The molecule has 1 unspecified atom stereocenters. The van der Waals surface area contributed by atoms with Gasteiger partial charge in [-0.25, -0.2) is 0 Å². The van der Waals surface area contributed by atoms with Crippen LogP contribution < -0.4 is 9.47 Å². The highest BCUT2D eigenvalue weighted by Gasteiger charge is 2.23. The maximum atomic E-state index is 9.82. The molecule has 4 rings (SSSR count). The summed E-state index contributed by atoms with van der Waals surface area (Å²) in [5, 5.41) is 18.5. The van der Waals surface area contributed by atoms with Gasteiger partial charge in [0.2, 0.25) is 0 Å². The third-order valence-electron chi connectivity index (χ3n) is 5.10. The first-order valence-electron chi connectivity index (χ1n) is 9.70. The van der Waals surface area contributed by atoms with Crippen LogP contribution in [0.5, 0.6) is 11.5 Å². The minimum atomic E-state index is 0.163. The standard InChI is InChI=1S/C21H24N4O2/c1-3-26-18-11-15-9-14(2)27-19(15)12-16(18)10-17(13-22)21-24-23-20-7-5-4-6-8-25(20)21/h10-12,14H,3-9H2,1-2H3/b17-10+. The number of aromatic nitrogens is 3. The summed E-state index contributed by atoms with van der Waals surface area (Å²) in [5.41, 5.74) is 2.49. The van der Waals surface area contributed by atoms with Crippen molar-refractivity contribution >= 4 is 11.6 Å². The van der Waals surface area contributed by atoms with Gasteiger partial charge in [0.15, 0.2) is 5.82 Å². The van der Waals surface area contributed by atoms with Crippen LogP contribution >= 0.6 is 0 Å². The molecule has 27 heavy (non-hydrogen) atoms. The Balaban J connectivity index is 1.77. The summed E-state index contributed by atoms with van der Waals surface area (Å²) in [7, 11) is 0. The van der Waals surface area contributed by atoms with Crippen LogP contribution in [0.3, 0.4) is 0 Å². The van der Waals surface area contributed by atoms with Gasteiger partial charge in [0.05, 0.1) is 12.2 Å². The molecule has 6 nitrogen and oxygen atoms in total. The van der Waals surface area contributed by atoms with Crippen molar-refractivity contribution in [2.24, 2.45) is 0 Å². The first-order chi connectivity index (χ1) is 13.2. The Hall–Kier alpha value is -2.81. The lowest BCUT2D eigenvalue weighted by Gasteiger charge is -2.11. The lowest BCUT2D eigenvalue weighted by atomic mass is 10.0. The van der Waals surface area contributed by atoms with Gasteiger partial charge in [0.25, 0.3) is 0 Å². The maximum absolute atomic E-state index is 9.82. The number of rotatable bonds is 4. The number of nitriles is 1. The molecule has 0 radical (unpaired) electrons. The number of fused-ring (bicyclic) bond motifs is 2. The van der Waals surface area contributed by atoms with Crippen LogP contribution in [0, 0.1) is 11.3 Å². The minimum absolute atomic E-state index is 0.163. The molecule has 1 aromatic carbocycles. The molecule has 0 aliphatic carbocycles. The fraction of sp³-hybridized carbons (Fsp3) is 0.476. The van der Waals surface area contributed by atoms with E-state index in [2.05, 4.69) is 27.8 Å². The molecule has 0 N–H and O–H groups in total. The SMILES string of the molecule is CCOc1cc2c(cc1/C=C(\C#N)c1nnc3n1CCCCC3)OC(C)C2. The lowest BCUT2D eigenvalue weighted by Crippen LogP contribution is -2.05. The zero-order chi connectivity index (χ0) is 18.8. The van der Waals surface area contributed by atoms with Gasteiger partial charge in [0, 0.05) is 30.5 Å². The number of aryl methyl sites for hydroxylation is 1. The third kappa shape index (κ3) is 3.42. The molecule has 2 aliphatic heterocycles. The number of hydrogen-bond donors (Lipinski definition) is 0.